The van der Waals surface area contributed by atoms with Gasteiger partial charge in [0.1, 0.15) is 0 Å². The minimum absolute atomic E-state index is 0.172. The second-order valence-corrected chi connectivity index (χ2v) is 5.59. The van der Waals surface area contributed by atoms with Gasteiger partial charge in [-0.15, -0.1) is 0 Å². The van der Waals surface area contributed by atoms with Crippen LogP contribution in [0.15, 0.2) is 18.2 Å². The van der Waals surface area contributed by atoms with Crippen LogP contribution in [0.25, 0.3) is 0 Å². The monoisotopic (exact) mass is 234 g/mol. The molecule has 0 aliphatic carbocycles. The Hall–Kier alpha value is -0.860. The van der Waals surface area contributed by atoms with Crippen LogP contribution < -0.4 is 11.1 Å². The summed E-state index contributed by atoms with van der Waals surface area (Å²) in [7, 11) is 2.03. The first-order valence-electron chi connectivity index (χ1n) is 6.37. The lowest BCUT2D eigenvalue weighted by Gasteiger charge is -2.34. The minimum Gasteiger partial charge on any atom is -0.330 e. The van der Waals surface area contributed by atoms with Gasteiger partial charge in [0.05, 0.1) is 0 Å². The van der Waals surface area contributed by atoms with Crippen molar-refractivity contribution < 1.29 is 0 Å². The summed E-state index contributed by atoms with van der Waals surface area (Å²) in [6.07, 6.45) is 1.02. The Balaban J connectivity index is 3.05. The summed E-state index contributed by atoms with van der Waals surface area (Å²) in [5.74, 6) is 0. The smallest absolute Gasteiger partial charge is 0.0369 e. The topological polar surface area (TPSA) is 38.0 Å². The highest BCUT2D eigenvalue weighted by Crippen LogP contribution is 2.36. The standard InChI is InChI=1S/C15H26N2/c1-11-6-7-13(10-12(11)2)14(17-5)15(3,4)8-9-16/h6-7,10,14,17H,8-9,16H2,1-5H3. The van der Waals surface area contributed by atoms with Crippen molar-refractivity contribution in [2.24, 2.45) is 11.1 Å². The molecule has 1 atom stereocenters. The van der Waals surface area contributed by atoms with Crippen LogP contribution >= 0.6 is 0 Å². The van der Waals surface area contributed by atoms with E-state index in [0.717, 1.165) is 13.0 Å². The lowest BCUT2D eigenvalue weighted by Crippen LogP contribution is -2.33. The van der Waals surface area contributed by atoms with E-state index in [4.69, 9.17) is 5.73 Å². The molecule has 1 rings (SSSR count). The molecule has 1 unspecified atom stereocenters. The van der Waals surface area contributed by atoms with E-state index in [1.165, 1.54) is 16.7 Å². The lowest BCUT2D eigenvalue weighted by molar-refractivity contribution is 0.239. The van der Waals surface area contributed by atoms with Crippen LogP contribution in [-0.2, 0) is 0 Å². The summed E-state index contributed by atoms with van der Waals surface area (Å²) in [6, 6.07) is 7.06. The van der Waals surface area contributed by atoms with Gasteiger partial charge in [-0.05, 0) is 56.0 Å². The van der Waals surface area contributed by atoms with Crippen LogP contribution in [-0.4, -0.2) is 13.6 Å². The lowest BCUT2D eigenvalue weighted by atomic mass is 9.77. The van der Waals surface area contributed by atoms with E-state index >= 15 is 0 Å². The molecule has 1 aromatic rings. The molecule has 0 saturated carbocycles. The van der Waals surface area contributed by atoms with Gasteiger partial charge in [-0.25, -0.2) is 0 Å². The van der Waals surface area contributed by atoms with E-state index in [1.807, 2.05) is 7.05 Å². The van der Waals surface area contributed by atoms with Gasteiger partial charge in [-0.3, -0.25) is 0 Å². The molecule has 2 heteroatoms. The number of aryl methyl sites for hydroxylation is 2. The van der Waals surface area contributed by atoms with Crippen molar-refractivity contribution in [3.63, 3.8) is 0 Å². The molecular formula is C15H26N2. The van der Waals surface area contributed by atoms with Crippen molar-refractivity contribution in [3.8, 4) is 0 Å². The van der Waals surface area contributed by atoms with Crippen LogP contribution in [0.5, 0.6) is 0 Å². The fraction of sp³-hybridized carbons (Fsp3) is 0.600. The largest absolute Gasteiger partial charge is 0.330 e. The number of hydrogen-bond acceptors (Lipinski definition) is 2. The molecule has 0 aliphatic rings. The molecule has 0 aliphatic heterocycles. The number of nitrogens with one attached hydrogen (secondary N) is 1. The SMILES string of the molecule is CNC(c1ccc(C)c(C)c1)C(C)(C)CCN. The van der Waals surface area contributed by atoms with E-state index in [9.17, 15) is 0 Å². The van der Waals surface area contributed by atoms with Gasteiger partial charge >= 0.3 is 0 Å². The third-order valence-corrected chi connectivity index (χ3v) is 3.72. The van der Waals surface area contributed by atoms with E-state index in [0.29, 0.717) is 6.04 Å². The summed E-state index contributed by atoms with van der Waals surface area (Å²) < 4.78 is 0. The number of rotatable bonds is 5. The fourth-order valence-corrected chi connectivity index (χ4v) is 2.47. The molecule has 0 fully saturated rings. The maximum Gasteiger partial charge on any atom is 0.0369 e. The molecule has 0 heterocycles. The second kappa shape index (κ2) is 5.65. The number of hydrogen-bond donors (Lipinski definition) is 2. The maximum absolute atomic E-state index is 5.71. The highest BCUT2D eigenvalue weighted by molar-refractivity contribution is 5.32. The van der Waals surface area contributed by atoms with Crippen LogP contribution in [0.3, 0.4) is 0 Å². The Morgan fingerprint density at radius 2 is 1.88 bits per heavy atom. The minimum atomic E-state index is 0.172. The zero-order valence-electron chi connectivity index (χ0n) is 11.8. The van der Waals surface area contributed by atoms with Crippen molar-refractivity contribution in [1.82, 2.24) is 5.32 Å². The van der Waals surface area contributed by atoms with Crippen LogP contribution in [0.2, 0.25) is 0 Å². The van der Waals surface area contributed by atoms with E-state index in [1.54, 1.807) is 0 Å². The van der Waals surface area contributed by atoms with Crippen molar-refractivity contribution in [2.75, 3.05) is 13.6 Å². The Labute approximate surface area is 106 Å². The number of nitrogens with two attached hydrogens (primary N) is 1. The van der Waals surface area contributed by atoms with Gasteiger partial charge in [0.25, 0.3) is 0 Å². The molecule has 0 radical (unpaired) electrons. The van der Waals surface area contributed by atoms with E-state index in [2.05, 4.69) is 51.2 Å². The number of benzene rings is 1. The van der Waals surface area contributed by atoms with Gasteiger partial charge in [0.2, 0.25) is 0 Å². The summed E-state index contributed by atoms with van der Waals surface area (Å²) in [5, 5.41) is 3.43. The molecule has 1 aromatic carbocycles. The predicted molar refractivity (Wildman–Crippen MR) is 75.2 cm³/mol. The van der Waals surface area contributed by atoms with Crippen LogP contribution in [0.4, 0.5) is 0 Å². The summed E-state index contributed by atoms with van der Waals surface area (Å²) in [5.41, 5.74) is 9.94. The molecule has 0 saturated heterocycles. The summed E-state index contributed by atoms with van der Waals surface area (Å²) in [6.45, 7) is 9.60. The van der Waals surface area contributed by atoms with Crippen molar-refractivity contribution in [2.45, 2.75) is 40.2 Å². The average molecular weight is 234 g/mol. The fourth-order valence-electron chi connectivity index (χ4n) is 2.47. The van der Waals surface area contributed by atoms with Gasteiger partial charge in [-0.1, -0.05) is 32.0 Å². The van der Waals surface area contributed by atoms with Gasteiger partial charge < -0.3 is 11.1 Å². The third kappa shape index (κ3) is 3.30. The Kier molecular flexibility index (Phi) is 4.72. The molecule has 17 heavy (non-hydrogen) atoms. The summed E-state index contributed by atoms with van der Waals surface area (Å²) >= 11 is 0. The Morgan fingerprint density at radius 1 is 1.24 bits per heavy atom. The molecule has 0 spiro atoms. The molecule has 0 bridgehead atoms. The zero-order valence-corrected chi connectivity index (χ0v) is 11.8. The van der Waals surface area contributed by atoms with Gasteiger partial charge in [-0.2, -0.15) is 0 Å². The molecule has 2 nitrogen and oxygen atoms in total. The molecule has 0 amide bonds. The van der Waals surface area contributed by atoms with Crippen molar-refractivity contribution >= 4 is 0 Å². The first kappa shape index (κ1) is 14.2. The predicted octanol–water partition coefficient (Wildman–Crippen LogP) is 2.94. The van der Waals surface area contributed by atoms with Gasteiger partial charge in [0, 0.05) is 6.04 Å². The molecule has 96 valence electrons. The Bertz CT molecular complexity index is 369. The summed E-state index contributed by atoms with van der Waals surface area (Å²) in [4.78, 5) is 0. The normalized spacial score (nSPS) is 13.8. The zero-order chi connectivity index (χ0) is 13.1. The van der Waals surface area contributed by atoms with Crippen LogP contribution in [0.1, 0.15) is 43.0 Å². The first-order chi connectivity index (χ1) is 7.92. The highest BCUT2D eigenvalue weighted by Gasteiger charge is 2.28. The Morgan fingerprint density at radius 3 is 2.35 bits per heavy atom. The average Bonchev–Trinajstić information content (AvgIpc) is 2.23. The quantitative estimate of drug-likeness (QED) is 0.822. The van der Waals surface area contributed by atoms with Crippen LogP contribution in [0, 0.1) is 19.3 Å². The van der Waals surface area contributed by atoms with E-state index < -0.39 is 0 Å². The van der Waals surface area contributed by atoms with Crippen molar-refractivity contribution in [1.29, 1.82) is 0 Å². The van der Waals surface area contributed by atoms with Crippen molar-refractivity contribution in [3.05, 3.63) is 34.9 Å². The third-order valence-electron chi connectivity index (χ3n) is 3.72. The van der Waals surface area contributed by atoms with E-state index in [-0.39, 0.29) is 5.41 Å². The molecule has 3 N–H and O–H groups in total. The second-order valence-electron chi connectivity index (χ2n) is 5.59. The molecule has 0 aromatic heterocycles. The molecular weight excluding hydrogens is 208 g/mol. The maximum atomic E-state index is 5.71. The van der Waals surface area contributed by atoms with Gasteiger partial charge in [0.15, 0.2) is 0 Å². The first-order valence-corrected chi connectivity index (χ1v) is 6.37. The highest BCUT2D eigenvalue weighted by atomic mass is 14.9.